The molecule has 7 heteroatoms. The van der Waals surface area contributed by atoms with Crippen molar-refractivity contribution in [1.82, 2.24) is 14.7 Å². The van der Waals surface area contributed by atoms with Gasteiger partial charge in [0.25, 0.3) is 5.89 Å². The first kappa shape index (κ1) is 15.1. The Balaban J connectivity index is 1.82. The summed E-state index contributed by atoms with van der Waals surface area (Å²) in [5.74, 6) is -0.811. The second-order valence-electron chi connectivity index (χ2n) is 5.50. The SMILES string of the molecule is O=C(O)Cn1c(-c2nc(-c3ccc(F)cc3)no2)cc2ccccc21. The predicted octanol–water partition coefficient (Wildman–Crippen LogP) is 3.58. The lowest BCUT2D eigenvalue weighted by Crippen LogP contribution is -2.09. The van der Waals surface area contributed by atoms with E-state index in [4.69, 9.17) is 4.52 Å². The molecule has 25 heavy (non-hydrogen) atoms. The van der Waals surface area contributed by atoms with Crippen molar-refractivity contribution >= 4 is 16.9 Å². The van der Waals surface area contributed by atoms with Crippen molar-refractivity contribution in [2.24, 2.45) is 0 Å². The summed E-state index contributed by atoms with van der Waals surface area (Å²) in [4.78, 5) is 15.6. The zero-order valence-corrected chi connectivity index (χ0v) is 12.9. The van der Waals surface area contributed by atoms with Crippen LogP contribution in [-0.4, -0.2) is 25.8 Å². The fourth-order valence-electron chi connectivity index (χ4n) is 2.74. The van der Waals surface area contributed by atoms with Crippen molar-refractivity contribution in [2.75, 3.05) is 0 Å². The molecule has 0 saturated heterocycles. The van der Waals surface area contributed by atoms with Crippen molar-refractivity contribution < 1.29 is 18.8 Å². The average Bonchev–Trinajstić information content (AvgIpc) is 3.21. The number of nitrogens with zero attached hydrogens (tertiary/aromatic N) is 3. The second kappa shape index (κ2) is 5.86. The Morgan fingerprint density at radius 2 is 1.92 bits per heavy atom. The third-order valence-electron chi connectivity index (χ3n) is 3.85. The minimum absolute atomic E-state index is 0.205. The highest BCUT2D eigenvalue weighted by Crippen LogP contribution is 2.28. The Hall–Kier alpha value is -3.48. The summed E-state index contributed by atoms with van der Waals surface area (Å²) < 4.78 is 20.0. The normalized spacial score (nSPS) is 11.1. The number of hydrogen-bond donors (Lipinski definition) is 1. The van der Waals surface area contributed by atoms with Crippen LogP contribution in [0.5, 0.6) is 0 Å². The van der Waals surface area contributed by atoms with E-state index in [1.54, 1.807) is 22.8 Å². The Morgan fingerprint density at radius 1 is 1.16 bits per heavy atom. The Bertz CT molecular complexity index is 1070. The third-order valence-corrected chi connectivity index (χ3v) is 3.85. The van der Waals surface area contributed by atoms with Gasteiger partial charge in [-0.2, -0.15) is 4.98 Å². The number of fused-ring (bicyclic) bond motifs is 1. The van der Waals surface area contributed by atoms with E-state index in [0.29, 0.717) is 17.1 Å². The summed E-state index contributed by atoms with van der Waals surface area (Å²) in [6.45, 7) is -0.225. The van der Waals surface area contributed by atoms with Crippen LogP contribution in [0.3, 0.4) is 0 Å². The van der Waals surface area contributed by atoms with E-state index >= 15 is 0 Å². The lowest BCUT2D eigenvalue weighted by atomic mass is 10.2. The largest absolute Gasteiger partial charge is 0.480 e. The molecule has 0 aliphatic heterocycles. The summed E-state index contributed by atoms with van der Waals surface area (Å²) in [6.07, 6.45) is 0. The third kappa shape index (κ3) is 2.76. The van der Waals surface area contributed by atoms with Crippen LogP contribution in [-0.2, 0) is 11.3 Å². The molecule has 0 saturated carbocycles. The van der Waals surface area contributed by atoms with Crippen molar-refractivity contribution in [3.8, 4) is 23.0 Å². The fraction of sp³-hybridized carbons (Fsp3) is 0.0556. The molecule has 0 spiro atoms. The summed E-state index contributed by atoms with van der Waals surface area (Å²) in [7, 11) is 0. The number of halogens is 1. The molecule has 1 N–H and O–H groups in total. The number of carboxylic acid groups (broad SMARTS) is 1. The molecule has 2 aromatic heterocycles. The molecule has 4 aromatic rings. The van der Waals surface area contributed by atoms with Crippen LogP contribution >= 0.6 is 0 Å². The Labute approximate surface area is 141 Å². The summed E-state index contributed by atoms with van der Waals surface area (Å²) >= 11 is 0. The van der Waals surface area contributed by atoms with E-state index in [0.717, 1.165) is 10.9 Å². The maximum absolute atomic E-state index is 13.0. The van der Waals surface area contributed by atoms with Gasteiger partial charge in [-0.05, 0) is 36.4 Å². The van der Waals surface area contributed by atoms with Crippen LogP contribution in [0.2, 0.25) is 0 Å². The van der Waals surface area contributed by atoms with Gasteiger partial charge in [-0.3, -0.25) is 4.79 Å². The number of aromatic nitrogens is 3. The second-order valence-corrected chi connectivity index (χ2v) is 5.50. The van der Waals surface area contributed by atoms with E-state index in [1.165, 1.54) is 12.1 Å². The van der Waals surface area contributed by atoms with Crippen molar-refractivity contribution in [3.63, 3.8) is 0 Å². The van der Waals surface area contributed by atoms with Gasteiger partial charge in [0, 0.05) is 16.5 Å². The minimum Gasteiger partial charge on any atom is -0.480 e. The van der Waals surface area contributed by atoms with E-state index in [2.05, 4.69) is 10.1 Å². The molecule has 0 amide bonds. The molecule has 6 nitrogen and oxygen atoms in total. The minimum atomic E-state index is -0.971. The van der Waals surface area contributed by atoms with Gasteiger partial charge in [-0.25, -0.2) is 4.39 Å². The first-order chi connectivity index (χ1) is 12.1. The van der Waals surface area contributed by atoms with Crippen LogP contribution < -0.4 is 0 Å². The molecule has 0 aliphatic rings. The fourth-order valence-corrected chi connectivity index (χ4v) is 2.74. The van der Waals surface area contributed by atoms with E-state index in [9.17, 15) is 14.3 Å². The predicted molar refractivity (Wildman–Crippen MR) is 88.3 cm³/mol. The molecule has 0 radical (unpaired) electrons. The van der Waals surface area contributed by atoms with E-state index < -0.39 is 5.97 Å². The van der Waals surface area contributed by atoms with E-state index in [-0.39, 0.29) is 18.3 Å². The van der Waals surface area contributed by atoms with Gasteiger partial charge in [0.2, 0.25) is 5.82 Å². The number of carboxylic acids is 1. The lowest BCUT2D eigenvalue weighted by molar-refractivity contribution is -0.137. The smallest absolute Gasteiger partial charge is 0.323 e. The number of para-hydroxylation sites is 1. The first-order valence-corrected chi connectivity index (χ1v) is 7.52. The maximum Gasteiger partial charge on any atom is 0.323 e. The van der Waals surface area contributed by atoms with Crippen molar-refractivity contribution in [2.45, 2.75) is 6.54 Å². The number of benzene rings is 2. The molecule has 124 valence electrons. The number of hydrogen-bond acceptors (Lipinski definition) is 4. The molecular formula is C18H12FN3O3. The van der Waals surface area contributed by atoms with E-state index in [1.807, 2.05) is 24.3 Å². The van der Waals surface area contributed by atoms with Gasteiger partial charge in [0.1, 0.15) is 18.1 Å². The zero-order valence-electron chi connectivity index (χ0n) is 12.9. The number of aliphatic carboxylic acids is 1. The molecule has 0 fully saturated rings. The maximum atomic E-state index is 13.0. The molecule has 4 rings (SSSR count). The van der Waals surface area contributed by atoms with Crippen LogP contribution in [0.25, 0.3) is 33.9 Å². The molecule has 0 atom stereocenters. The Morgan fingerprint density at radius 3 is 2.68 bits per heavy atom. The average molecular weight is 337 g/mol. The van der Waals surface area contributed by atoms with Crippen LogP contribution in [0, 0.1) is 5.82 Å². The quantitative estimate of drug-likeness (QED) is 0.615. The topological polar surface area (TPSA) is 81.1 Å². The molecule has 0 aliphatic carbocycles. The van der Waals surface area contributed by atoms with Crippen molar-refractivity contribution in [1.29, 1.82) is 0 Å². The van der Waals surface area contributed by atoms with Crippen LogP contribution in [0.1, 0.15) is 0 Å². The molecule has 0 unspecified atom stereocenters. The summed E-state index contributed by atoms with van der Waals surface area (Å²) in [5.41, 5.74) is 1.89. The van der Waals surface area contributed by atoms with Gasteiger partial charge in [0.05, 0.1) is 0 Å². The number of carbonyl (C=O) groups is 1. The lowest BCUT2D eigenvalue weighted by Gasteiger charge is -2.04. The van der Waals surface area contributed by atoms with Gasteiger partial charge in [-0.15, -0.1) is 0 Å². The van der Waals surface area contributed by atoms with Gasteiger partial charge < -0.3 is 14.2 Å². The van der Waals surface area contributed by atoms with Crippen LogP contribution in [0.4, 0.5) is 4.39 Å². The standard InChI is InChI=1S/C18H12FN3O3/c19-13-7-5-11(6-8-13)17-20-18(25-21-17)15-9-12-3-1-2-4-14(12)22(15)10-16(23)24/h1-9H,10H2,(H,23,24). The van der Waals surface area contributed by atoms with Gasteiger partial charge >= 0.3 is 5.97 Å². The molecule has 0 bridgehead atoms. The highest BCUT2D eigenvalue weighted by molar-refractivity contribution is 5.87. The first-order valence-electron chi connectivity index (χ1n) is 7.52. The number of rotatable bonds is 4. The highest BCUT2D eigenvalue weighted by Gasteiger charge is 2.18. The molecule has 2 aromatic carbocycles. The highest BCUT2D eigenvalue weighted by atomic mass is 19.1. The molecule has 2 heterocycles. The molecular weight excluding hydrogens is 325 g/mol. The van der Waals surface area contributed by atoms with Gasteiger partial charge in [-0.1, -0.05) is 23.4 Å². The van der Waals surface area contributed by atoms with Crippen LogP contribution in [0.15, 0.2) is 59.1 Å². The summed E-state index contributed by atoms with van der Waals surface area (Å²) in [6, 6.07) is 15.0. The van der Waals surface area contributed by atoms with Gasteiger partial charge in [0.15, 0.2) is 0 Å². The monoisotopic (exact) mass is 337 g/mol. The van der Waals surface area contributed by atoms with Crippen molar-refractivity contribution in [3.05, 3.63) is 60.4 Å². The summed E-state index contributed by atoms with van der Waals surface area (Å²) in [5, 5.41) is 14.0. The zero-order chi connectivity index (χ0) is 17.4. The Kier molecular flexibility index (Phi) is 3.53.